The van der Waals surface area contributed by atoms with Gasteiger partial charge in [-0.3, -0.25) is 0 Å². The first-order valence-electron chi connectivity index (χ1n) is 21.8. The Balaban J connectivity index is 1.22. The summed E-state index contributed by atoms with van der Waals surface area (Å²) < 4.78 is 38.9. The zero-order valence-electron chi connectivity index (χ0n) is 38.6. The minimum atomic E-state index is -0.700. The number of carbonyl (C=O) groups is 5. The van der Waals surface area contributed by atoms with Crippen molar-refractivity contribution in [3.05, 3.63) is 150 Å². The van der Waals surface area contributed by atoms with Crippen molar-refractivity contribution in [1.82, 2.24) is 0 Å². The van der Waals surface area contributed by atoms with Gasteiger partial charge in [0.15, 0.2) is 0 Å². The molecule has 0 radical (unpaired) electrons. The summed E-state index contributed by atoms with van der Waals surface area (Å²) in [5, 5.41) is 0. The molecule has 66 heavy (non-hydrogen) atoms. The van der Waals surface area contributed by atoms with Crippen LogP contribution in [0.3, 0.4) is 0 Å². The van der Waals surface area contributed by atoms with Gasteiger partial charge in [0, 0.05) is 28.2 Å². The van der Waals surface area contributed by atoms with Crippen molar-refractivity contribution in [1.29, 1.82) is 0 Å². The number of rotatable bonds is 26. The molecule has 12 heteroatoms. The molecule has 4 aromatic rings. The van der Waals surface area contributed by atoms with Crippen LogP contribution < -0.4 is 18.9 Å². The SMILES string of the molecule is C=C(C)C(=O)OCCCCCCOc1ccc(C(=O)Oc2ccc(OC(=O)/C=C/c3ccc(-c4ccc(OCCC(C)(COC(=O)C(=C)C)COC(=O)C(=C)C)cc4)cc3)c(CC)c2)cc1. The lowest BCUT2D eigenvalue weighted by Gasteiger charge is -2.28. The number of unbranched alkanes of at least 4 members (excludes halogenated alkanes) is 3. The van der Waals surface area contributed by atoms with Crippen LogP contribution in [0.25, 0.3) is 17.2 Å². The Labute approximate surface area is 387 Å². The normalized spacial score (nSPS) is 11.0. The molecule has 0 saturated heterocycles. The van der Waals surface area contributed by atoms with Crippen molar-refractivity contribution >= 4 is 35.9 Å². The smallest absolute Gasteiger partial charge is 0.343 e. The molecule has 0 aliphatic carbocycles. The fourth-order valence-electron chi connectivity index (χ4n) is 6.05. The largest absolute Gasteiger partial charge is 0.494 e. The van der Waals surface area contributed by atoms with Crippen molar-refractivity contribution in [3.63, 3.8) is 0 Å². The second-order valence-corrected chi connectivity index (χ2v) is 16.2. The molecule has 12 nitrogen and oxygen atoms in total. The van der Waals surface area contributed by atoms with Gasteiger partial charge >= 0.3 is 29.8 Å². The summed E-state index contributed by atoms with van der Waals surface area (Å²) in [5.74, 6) is -0.523. The van der Waals surface area contributed by atoms with Crippen LogP contribution in [0.4, 0.5) is 0 Å². The minimum absolute atomic E-state index is 0.0186. The fourth-order valence-corrected chi connectivity index (χ4v) is 6.05. The topological polar surface area (TPSA) is 150 Å². The highest BCUT2D eigenvalue weighted by Crippen LogP contribution is 2.28. The summed E-state index contributed by atoms with van der Waals surface area (Å²) in [4.78, 5) is 61.3. The van der Waals surface area contributed by atoms with Crippen molar-refractivity contribution < 1.29 is 57.1 Å². The van der Waals surface area contributed by atoms with Gasteiger partial charge in [-0.2, -0.15) is 0 Å². The Kier molecular flexibility index (Phi) is 20.2. The molecule has 4 rings (SSSR count). The van der Waals surface area contributed by atoms with E-state index in [1.165, 1.54) is 6.08 Å². The molecule has 0 aliphatic heterocycles. The summed E-state index contributed by atoms with van der Waals surface area (Å²) in [5.41, 5.74) is 4.02. The van der Waals surface area contributed by atoms with E-state index in [2.05, 4.69) is 19.7 Å². The third-order valence-electron chi connectivity index (χ3n) is 10.1. The Bertz CT molecular complexity index is 2330. The molecule has 0 heterocycles. The zero-order valence-corrected chi connectivity index (χ0v) is 38.6. The predicted molar refractivity (Wildman–Crippen MR) is 253 cm³/mol. The van der Waals surface area contributed by atoms with Crippen LogP contribution in [-0.4, -0.2) is 62.9 Å². The van der Waals surface area contributed by atoms with E-state index in [1.54, 1.807) is 69.3 Å². The first-order chi connectivity index (χ1) is 31.5. The quantitative estimate of drug-likeness (QED) is 0.0194. The Morgan fingerprint density at radius 3 is 1.64 bits per heavy atom. The summed E-state index contributed by atoms with van der Waals surface area (Å²) in [6.07, 6.45) is 7.46. The first-order valence-corrected chi connectivity index (χ1v) is 21.8. The monoisotopic (exact) mass is 900 g/mol. The van der Waals surface area contributed by atoms with Gasteiger partial charge in [0.2, 0.25) is 0 Å². The van der Waals surface area contributed by atoms with E-state index in [1.807, 2.05) is 62.4 Å². The summed E-state index contributed by atoms with van der Waals surface area (Å²) >= 11 is 0. The molecule has 0 fully saturated rings. The van der Waals surface area contributed by atoms with E-state index in [4.69, 9.17) is 33.2 Å². The number of ether oxygens (including phenoxy) is 7. The fraction of sp³-hybridized carbons (Fsp3) is 0.315. The maximum Gasteiger partial charge on any atom is 0.343 e. The molecular formula is C54H60O12. The van der Waals surface area contributed by atoms with Crippen LogP contribution in [0.1, 0.15) is 88.2 Å². The van der Waals surface area contributed by atoms with Gasteiger partial charge in [-0.1, -0.05) is 70.0 Å². The van der Waals surface area contributed by atoms with Gasteiger partial charge in [-0.15, -0.1) is 0 Å². The summed E-state index contributed by atoms with van der Waals surface area (Å²) in [6, 6.07) is 26.9. The molecule has 0 N–H and O–H groups in total. The predicted octanol–water partition coefficient (Wildman–Crippen LogP) is 10.8. The summed E-state index contributed by atoms with van der Waals surface area (Å²) in [6.45, 7) is 20.5. The number of aryl methyl sites for hydroxylation is 1. The molecule has 348 valence electrons. The number of hydrogen-bond acceptors (Lipinski definition) is 12. The molecule has 0 bridgehead atoms. The van der Waals surface area contributed by atoms with E-state index in [0.29, 0.717) is 65.8 Å². The number of hydrogen-bond donors (Lipinski definition) is 0. The van der Waals surface area contributed by atoms with Crippen molar-refractivity contribution in [2.75, 3.05) is 33.0 Å². The van der Waals surface area contributed by atoms with E-state index < -0.39 is 29.3 Å². The maximum atomic E-state index is 12.9. The molecular weight excluding hydrogens is 841 g/mol. The van der Waals surface area contributed by atoms with Crippen LogP contribution in [0.2, 0.25) is 0 Å². The highest BCUT2D eigenvalue weighted by atomic mass is 16.6. The van der Waals surface area contributed by atoms with Gasteiger partial charge in [-0.05, 0) is 142 Å². The zero-order chi connectivity index (χ0) is 48.1. The van der Waals surface area contributed by atoms with Crippen LogP contribution >= 0.6 is 0 Å². The molecule has 0 spiro atoms. The van der Waals surface area contributed by atoms with Crippen LogP contribution in [0, 0.1) is 5.41 Å². The molecule has 0 amide bonds. The number of esters is 5. The van der Waals surface area contributed by atoms with Crippen LogP contribution in [0.5, 0.6) is 23.0 Å². The van der Waals surface area contributed by atoms with Gasteiger partial charge in [0.05, 0.1) is 25.4 Å². The standard InChI is InChI=1S/C54H60O12/c1-9-41-34-47(65-53(59)44-21-25-45(26-22-44)60-31-12-10-11-13-32-62-50(56)37(2)3)27-28-48(41)66-49(55)29-16-40-14-17-42(18-15-40)43-19-23-46(24-20-43)61-33-30-54(8,35-63-51(57)38(4)5)36-64-52(58)39(6)7/h14-29,34H,2,4,6,9-13,30-33,35-36H2,1,3,5,7-8H3/b29-16+. The van der Waals surface area contributed by atoms with E-state index in [-0.39, 0.29) is 36.9 Å². The van der Waals surface area contributed by atoms with E-state index in [9.17, 15) is 24.0 Å². The minimum Gasteiger partial charge on any atom is -0.494 e. The second-order valence-electron chi connectivity index (χ2n) is 16.2. The van der Waals surface area contributed by atoms with Crippen molar-refractivity contribution in [2.45, 2.75) is 73.1 Å². The molecule has 0 atom stereocenters. The Morgan fingerprint density at radius 1 is 0.576 bits per heavy atom. The molecule has 4 aromatic carbocycles. The van der Waals surface area contributed by atoms with Gasteiger partial charge < -0.3 is 33.2 Å². The summed E-state index contributed by atoms with van der Waals surface area (Å²) in [7, 11) is 0. The van der Waals surface area contributed by atoms with Crippen LogP contribution in [0.15, 0.2) is 134 Å². The molecule has 0 aromatic heterocycles. The lowest BCUT2D eigenvalue weighted by molar-refractivity contribution is -0.149. The molecule has 0 saturated carbocycles. The third-order valence-corrected chi connectivity index (χ3v) is 10.1. The third kappa shape index (κ3) is 17.4. The van der Waals surface area contributed by atoms with Crippen molar-refractivity contribution in [2.24, 2.45) is 5.41 Å². The van der Waals surface area contributed by atoms with Gasteiger partial charge in [-0.25, -0.2) is 24.0 Å². The van der Waals surface area contributed by atoms with Gasteiger partial charge in [0.25, 0.3) is 0 Å². The number of carbonyl (C=O) groups excluding carboxylic acids is 5. The van der Waals surface area contributed by atoms with E-state index >= 15 is 0 Å². The van der Waals surface area contributed by atoms with Crippen molar-refractivity contribution in [3.8, 4) is 34.1 Å². The molecule has 0 unspecified atom stereocenters. The Hall–Kier alpha value is -7.21. The van der Waals surface area contributed by atoms with Gasteiger partial charge in [0.1, 0.15) is 36.2 Å². The second kappa shape index (κ2) is 25.9. The highest BCUT2D eigenvalue weighted by Gasteiger charge is 2.29. The first kappa shape index (κ1) is 51.4. The average molecular weight is 901 g/mol. The lowest BCUT2D eigenvalue weighted by Crippen LogP contribution is -2.33. The average Bonchev–Trinajstić information content (AvgIpc) is 3.31. The molecule has 0 aliphatic rings. The Morgan fingerprint density at radius 2 is 1.08 bits per heavy atom. The maximum absolute atomic E-state index is 12.9. The van der Waals surface area contributed by atoms with Crippen LogP contribution in [-0.2, 0) is 39.8 Å². The highest BCUT2D eigenvalue weighted by molar-refractivity contribution is 5.92. The number of benzene rings is 4. The lowest BCUT2D eigenvalue weighted by atomic mass is 9.89. The van der Waals surface area contributed by atoms with E-state index in [0.717, 1.165) is 42.4 Å².